The van der Waals surface area contributed by atoms with Crippen molar-refractivity contribution in [1.29, 1.82) is 0 Å². The van der Waals surface area contributed by atoms with Gasteiger partial charge in [0.05, 0.1) is 5.57 Å². The summed E-state index contributed by atoms with van der Waals surface area (Å²) < 4.78 is 18.5. The first-order chi connectivity index (χ1) is 12.5. The SMILES string of the molecule is O=C(OCc1c(Cl)cccc1Cl)C(=Cc1ccc(F)cc1)c1cccs1. The summed E-state index contributed by atoms with van der Waals surface area (Å²) in [6.07, 6.45) is 1.67. The normalized spacial score (nSPS) is 11.4. The molecule has 6 heteroatoms. The van der Waals surface area contributed by atoms with Crippen molar-refractivity contribution >= 4 is 52.2 Å². The van der Waals surface area contributed by atoms with Crippen LogP contribution in [0.25, 0.3) is 11.6 Å². The minimum Gasteiger partial charge on any atom is -0.457 e. The average molecular weight is 407 g/mol. The summed E-state index contributed by atoms with van der Waals surface area (Å²) in [6.45, 7) is -0.0382. The van der Waals surface area contributed by atoms with Gasteiger partial charge in [-0.2, -0.15) is 0 Å². The molecule has 0 N–H and O–H groups in total. The van der Waals surface area contributed by atoms with Gasteiger partial charge in [0.1, 0.15) is 12.4 Å². The number of halogens is 3. The lowest BCUT2D eigenvalue weighted by atomic mass is 10.1. The molecule has 2 aromatic carbocycles. The van der Waals surface area contributed by atoms with Crippen LogP contribution >= 0.6 is 34.5 Å². The summed E-state index contributed by atoms with van der Waals surface area (Å²) >= 11 is 13.6. The predicted molar refractivity (Wildman–Crippen MR) is 105 cm³/mol. The number of benzene rings is 2. The summed E-state index contributed by atoms with van der Waals surface area (Å²) in [6, 6.07) is 14.6. The van der Waals surface area contributed by atoms with Crippen molar-refractivity contribution in [3.63, 3.8) is 0 Å². The van der Waals surface area contributed by atoms with E-state index >= 15 is 0 Å². The lowest BCUT2D eigenvalue weighted by molar-refractivity contribution is -0.137. The smallest absolute Gasteiger partial charge is 0.339 e. The number of hydrogen-bond acceptors (Lipinski definition) is 3. The molecule has 0 aliphatic heterocycles. The molecular formula is C20H13Cl2FO2S. The molecule has 0 saturated carbocycles. The maximum Gasteiger partial charge on any atom is 0.339 e. The van der Waals surface area contributed by atoms with Gasteiger partial charge in [-0.25, -0.2) is 9.18 Å². The topological polar surface area (TPSA) is 26.3 Å². The molecule has 0 aliphatic carbocycles. The highest BCUT2D eigenvalue weighted by molar-refractivity contribution is 7.11. The summed E-state index contributed by atoms with van der Waals surface area (Å²) in [7, 11) is 0. The van der Waals surface area contributed by atoms with Crippen LogP contribution in [0.5, 0.6) is 0 Å². The minimum absolute atomic E-state index is 0.0382. The Morgan fingerprint density at radius 3 is 2.35 bits per heavy atom. The number of carbonyl (C=O) groups excluding carboxylic acids is 1. The average Bonchev–Trinajstić information content (AvgIpc) is 3.15. The number of carbonyl (C=O) groups is 1. The van der Waals surface area contributed by atoms with Crippen LogP contribution in [0.1, 0.15) is 16.0 Å². The maximum absolute atomic E-state index is 13.1. The highest BCUT2D eigenvalue weighted by Crippen LogP contribution is 2.28. The maximum atomic E-state index is 13.1. The highest BCUT2D eigenvalue weighted by Gasteiger charge is 2.16. The highest BCUT2D eigenvalue weighted by atomic mass is 35.5. The summed E-state index contributed by atoms with van der Waals surface area (Å²) in [5.74, 6) is -0.844. The van der Waals surface area contributed by atoms with Crippen molar-refractivity contribution in [2.24, 2.45) is 0 Å². The van der Waals surface area contributed by atoms with E-state index in [4.69, 9.17) is 27.9 Å². The van der Waals surface area contributed by atoms with Crippen LogP contribution in [0.2, 0.25) is 10.0 Å². The second-order valence-electron chi connectivity index (χ2n) is 5.36. The van der Waals surface area contributed by atoms with E-state index < -0.39 is 5.97 Å². The molecule has 0 unspecified atom stereocenters. The summed E-state index contributed by atoms with van der Waals surface area (Å²) in [5.41, 5.74) is 1.63. The molecule has 0 spiro atoms. The van der Waals surface area contributed by atoms with Gasteiger partial charge in [0.15, 0.2) is 0 Å². The summed E-state index contributed by atoms with van der Waals surface area (Å²) in [4.78, 5) is 13.4. The van der Waals surface area contributed by atoms with Gasteiger partial charge in [-0.3, -0.25) is 0 Å². The van der Waals surface area contributed by atoms with E-state index in [1.54, 1.807) is 36.4 Å². The Morgan fingerprint density at radius 2 is 1.73 bits per heavy atom. The Morgan fingerprint density at radius 1 is 1.04 bits per heavy atom. The second-order valence-corrected chi connectivity index (χ2v) is 7.13. The molecule has 1 heterocycles. The monoisotopic (exact) mass is 406 g/mol. The van der Waals surface area contributed by atoms with Crippen LogP contribution in [0.3, 0.4) is 0 Å². The molecule has 0 aliphatic rings. The van der Waals surface area contributed by atoms with Crippen molar-refractivity contribution in [3.05, 3.63) is 91.8 Å². The van der Waals surface area contributed by atoms with Crippen LogP contribution in [0.4, 0.5) is 4.39 Å². The van der Waals surface area contributed by atoms with Gasteiger partial charge in [0.25, 0.3) is 0 Å². The van der Waals surface area contributed by atoms with Gasteiger partial charge in [0.2, 0.25) is 0 Å². The van der Waals surface area contributed by atoms with Crippen molar-refractivity contribution in [2.45, 2.75) is 6.61 Å². The summed E-state index contributed by atoms with van der Waals surface area (Å²) in [5, 5.41) is 2.74. The fourth-order valence-electron chi connectivity index (χ4n) is 2.27. The Hall–Kier alpha value is -2.14. The van der Waals surface area contributed by atoms with E-state index in [2.05, 4.69) is 0 Å². The van der Waals surface area contributed by atoms with Gasteiger partial charge in [-0.05, 0) is 47.4 Å². The zero-order valence-corrected chi connectivity index (χ0v) is 15.7. The van der Waals surface area contributed by atoms with Gasteiger partial charge in [-0.15, -0.1) is 11.3 Å². The Kier molecular flexibility index (Phi) is 6.09. The third-order valence-electron chi connectivity index (χ3n) is 3.60. The van der Waals surface area contributed by atoms with E-state index in [-0.39, 0.29) is 12.4 Å². The Bertz CT molecular complexity index is 915. The number of esters is 1. The quantitative estimate of drug-likeness (QED) is 0.358. The lowest BCUT2D eigenvalue weighted by Gasteiger charge is -2.10. The van der Waals surface area contributed by atoms with E-state index in [9.17, 15) is 9.18 Å². The number of hydrogen-bond donors (Lipinski definition) is 0. The van der Waals surface area contributed by atoms with Crippen molar-refractivity contribution in [2.75, 3.05) is 0 Å². The molecular weight excluding hydrogens is 394 g/mol. The van der Waals surface area contributed by atoms with Crippen LogP contribution in [0.15, 0.2) is 60.0 Å². The standard InChI is InChI=1S/C20H13Cl2FO2S/c21-17-3-1-4-18(22)16(17)12-25-20(24)15(19-5-2-10-26-19)11-13-6-8-14(23)9-7-13/h1-11H,12H2. The zero-order chi connectivity index (χ0) is 18.5. The van der Waals surface area contributed by atoms with Gasteiger partial charge in [-0.1, -0.05) is 47.5 Å². The van der Waals surface area contributed by atoms with Gasteiger partial charge >= 0.3 is 5.97 Å². The largest absolute Gasteiger partial charge is 0.457 e. The van der Waals surface area contributed by atoms with E-state index in [0.29, 0.717) is 26.7 Å². The molecule has 0 atom stereocenters. The third-order valence-corrected chi connectivity index (χ3v) is 5.21. The molecule has 132 valence electrons. The first-order valence-electron chi connectivity index (χ1n) is 7.66. The van der Waals surface area contributed by atoms with Crippen molar-refractivity contribution in [1.82, 2.24) is 0 Å². The van der Waals surface area contributed by atoms with Crippen molar-refractivity contribution < 1.29 is 13.9 Å². The number of thiophene rings is 1. The van der Waals surface area contributed by atoms with Crippen LogP contribution < -0.4 is 0 Å². The molecule has 3 rings (SSSR count). The van der Waals surface area contributed by atoms with E-state index in [0.717, 1.165) is 4.88 Å². The van der Waals surface area contributed by atoms with Crippen LogP contribution in [-0.4, -0.2) is 5.97 Å². The molecule has 0 fully saturated rings. The fourth-order valence-corrected chi connectivity index (χ4v) is 3.51. The first kappa shape index (κ1) is 18.6. The Labute approximate surface area is 164 Å². The zero-order valence-electron chi connectivity index (χ0n) is 13.4. The molecule has 0 bridgehead atoms. The fraction of sp³-hybridized carbons (Fsp3) is 0.0500. The van der Waals surface area contributed by atoms with Gasteiger partial charge in [0, 0.05) is 20.5 Å². The van der Waals surface area contributed by atoms with E-state index in [1.807, 2.05) is 17.5 Å². The minimum atomic E-state index is -0.507. The molecule has 3 aromatic rings. The van der Waals surface area contributed by atoms with Crippen LogP contribution in [0, 0.1) is 5.82 Å². The van der Waals surface area contributed by atoms with Crippen molar-refractivity contribution in [3.8, 4) is 0 Å². The third kappa shape index (κ3) is 4.52. The number of ether oxygens (including phenoxy) is 1. The van der Waals surface area contributed by atoms with E-state index in [1.165, 1.54) is 23.5 Å². The predicted octanol–water partition coefficient (Wildman–Crippen LogP) is 6.48. The first-order valence-corrected chi connectivity index (χ1v) is 9.29. The molecule has 0 amide bonds. The Balaban J connectivity index is 1.85. The molecule has 0 saturated heterocycles. The van der Waals surface area contributed by atoms with Gasteiger partial charge < -0.3 is 4.74 Å². The lowest BCUT2D eigenvalue weighted by Crippen LogP contribution is -2.07. The molecule has 1 aromatic heterocycles. The number of rotatable bonds is 5. The second kappa shape index (κ2) is 8.49. The molecule has 26 heavy (non-hydrogen) atoms. The molecule has 2 nitrogen and oxygen atoms in total. The molecule has 0 radical (unpaired) electrons. The van der Waals surface area contributed by atoms with Crippen LogP contribution in [-0.2, 0) is 16.1 Å².